The van der Waals surface area contributed by atoms with E-state index in [0.29, 0.717) is 18.4 Å². The molecule has 1 saturated carbocycles. The number of rotatable bonds is 4. The van der Waals surface area contributed by atoms with Crippen LogP contribution in [0.15, 0.2) is 29.9 Å². The van der Waals surface area contributed by atoms with Crippen molar-refractivity contribution < 1.29 is 4.84 Å². The van der Waals surface area contributed by atoms with Gasteiger partial charge < -0.3 is 4.84 Å². The van der Waals surface area contributed by atoms with Crippen molar-refractivity contribution >= 4 is 5.71 Å². The molecule has 2 aliphatic rings. The number of nitrogens with zero attached hydrogens (tertiary/aromatic N) is 1. The second-order valence-electron chi connectivity index (χ2n) is 8.63. The third-order valence-electron chi connectivity index (χ3n) is 6.60. The highest BCUT2D eigenvalue weighted by Gasteiger charge is 2.47. The van der Waals surface area contributed by atoms with Crippen molar-refractivity contribution in [2.75, 3.05) is 6.61 Å². The van der Waals surface area contributed by atoms with E-state index in [1.165, 1.54) is 41.5 Å². The molecule has 3 unspecified atom stereocenters. The monoisotopic (exact) mass is 369 g/mol. The highest BCUT2D eigenvalue weighted by molar-refractivity contribution is 6.03. The Kier molecular flexibility index (Phi) is 7.31. The van der Waals surface area contributed by atoms with E-state index >= 15 is 0 Å². The van der Waals surface area contributed by atoms with Crippen LogP contribution in [0.3, 0.4) is 0 Å². The first-order valence-electron chi connectivity index (χ1n) is 10.8. The lowest BCUT2D eigenvalue weighted by atomic mass is 9.54. The van der Waals surface area contributed by atoms with E-state index in [1.807, 2.05) is 13.8 Å². The first-order chi connectivity index (χ1) is 12.9. The highest BCUT2D eigenvalue weighted by Crippen LogP contribution is 2.52. The van der Waals surface area contributed by atoms with Crippen molar-refractivity contribution in [1.29, 1.82) is 0 Å². The van der Waals surface area contributed by atoms with Crippen LogP contribution < -0.4 is 0 Å². The van der Waals surface area contributed by atoms with Crippen LogP contribution in [0.1, 0.15) is 95.4 Å². The Morgan fingerprint density at radius 1 is 1.33 bits per heavy atom. The van der Waals surface area contributed by atoms with Crippen LogP contribution >= 0.6 is 0 Å². The molecule has 0 heterocycles. The maximum atomic E-state index is 5.53. The number of hydrogen-bond acceptors (Lipinski definition) is 2. The molecule has 3 atom stereocenters. The number of fused-ring (bicyclic) bond motifs is 3. The van der Waals surface area contributed by atoms with Crippen LogP contribution in [0.25, 0.3) is 0 Å². The van der Waals surface area contributed by atoms with E-state index < -0.39 is 0 Å². The van der Waals surface area contributed by atoms with Gasteiger partial charge in [0.15, 0.2) is 0 Å². The Bertz CT molecular complexity index is 688. The van der Waals surface area contributed by atoms with E-state index in [9.17, 15) is 0 Å². The zero-order valence-electron chi connectivity index (χ0n) is 18.6. The molecule has 150 valence electrons. The number of hydrogen-bond donors (Lipinski definition) is 0. The van der Waals surface area contributed by atoms with Gasteiger partial charge in [-0.1, -0.05) is 78.3 Å². The van der Waals surface area contributed by atoms with Crippen molar-refractivity contribution in [2.45, 2.75) is 85.5 Å². The Morgan fingerprint density at radius 3 is 2.67 bits per heavy atom. The fraction of sp³-hybridized carbons (Fsp3) is 0.640. The SMILES string of the molecule is C=CCO/N=C1\CC2C(C)CCCC2(C)c2cc(C)c(C(C)C)cc21.CC. The molecule has 2 heteroatoms. The van der Waals surface area contributed by atoms with Gasteiger partial charge in [0.05, 0.1) is 5.71 Å². The topological polar surface area (TPSA) is 21.6 Å². The van der Waals surface area contributed by atoms with Crippen molar-refractivity contribution in [3.8, 4) is 0 Å². The molecule has 0 spiro atoms. The molecule has 2 aliphatic carbocycles. The highest BCUT2D eigenvalue weighted by atomic mass is 16.6. The first kappa shape index (κ1) is 21.7. The fourth-order valence-corrected chi connectivity index (χ4v) is 5.20. The summed E-state index contributed by atoms with van der Waals surface area (Å²) in [6.07, 6.45) is 6.74. The second kappa shape index (κ2) is 9.08. The molecule has 0 aliphatic heterocycles. The summed E-state index contributed by atoms with van der Waals surface area (Å²) in [5.41, 5.74) is 7.07. The Hall–Kier alpha value is -1.57. The molecular weight excluding hydrogens is 330 g/mol. The Balaban J connectivity index is 0.00000126. The minimum absolute atomic E-state index is 0.269. The van der Waals surface area contributed by atoms with Crippen molar-refractivity contribution in [3.63, 3.8) is 0 Å². The largest absolute Gasteiger partial charge is 0.391 e. The number of oxime groups is 1. The summed E-state index contributed by atoms with van der Waals surface area (Å²) in [6, 6.07) is 4.85. The summed E-state index contributed by atoms with van der Waals surface area (Å²) in [4.78, 5) is 5.53. The van der Waals surface area contributed by atoms with Crippen LogP contribution in [0.2, 0.25) is 0 Å². The molecule has 3 rings (SSSR count). The molecule has 2 nitrogen and oxygen atoms in total. The maximum Gasteiger partial charge on any atom is 0.135 e. The van der Waals surface area contributed by atoms with E-state index in [4.69, 9.17) is 4.84 Å². The fourth-order valence-electron chi connectivity index (χ4n) is 5.20. The van der Waals surface area contributed by atoms with Crippen LogP contribution in [-0.2, 0) is 10.3 Å². The van der Waals surface area contributed by atoms with Crippen molar-refractivity contribution in [2.24, 2.45) is 17.0 Å². The van der Waals surface area contributed by atoms with Crippen LogP contribution in [0.5, 0.6) is 0 Å². The molecule has 0 aromatic heterocycles. The smallest absolute Gasteiger partial charge is 0.135 e. The minimum Gasteiger partial charge on any atom is -0.391 e. The average molecular weight is 370 g/mol. The van der Waals surface area contributed by atoms with E-state index in [1.54, 1.807) is 6.08 Å². The van der Waals surface area contributed by atoms with Crippen LogP contribution in [0.4, 0.5) is 0 Å². The Labute approximate surface area is 167 Å². The quantitative estimate of drug-likeness (QED) is 0.314. The summed E-state index contributed by atoms with van der Waals surface area (Å²) >= 11 is 0. The maximum absolute atomic E-state index is 5.53. The molecule has 27 heavy (non-hydrogen) atoms. The summed E-state index contributed by atoms with van der Waals surface area (Å²) in [6.45, 7) is 19.9. The van der Waals surface area contributed by atoms with Crippen molar-refractivity contribution in [1.82, 2.24) is 0 Å². The van der Waals surface area contributed by atoms with Gasteiger partial charge in [-0.2, -0.15) is 0 Å². The molecule has 1 fully saturated rings. The van der Waals surface area contributed by atoms with E-state index in [0.717, 1.165) is 18.1 Å². The molecule has 0 N–H and O–H groups in total. The molecule has 0 saturated heterocycles. The lowest BCUT2D eigenvalue weighted by Gasteiger charge is -2.50. The van der Waals surface area contributed by atoms with Gasteiger partial charge in [-0.25, -0.2) is 0 Å². The van der Waals surface area contributed by atoms with E-state index in [2.05, 4.69) is 58.5 Å². The molecular formula is C25H39NO. The van der Waals surface area contributed by atoms with Crippen LogP contribution in [0, 0.1) is 18.8 Å². The standard InChI is InChI=1S/C23H33NO.C2H6/c1-7-11-25-24-22-14-20-16(4)9-8-10-23(20,6)21-12-17(5)18(15(2)3)13-19(21)22;1-2/h7,12-13,15-16,20H,1,8-11,14H2,2-6H3;1-2H3/b24-22+;. The molecule has 0 bridgehead atoms. The van der Waals surface area contributed by atoms with Gasteiger partial charge in [0.2, 0.25) is 0 Å². The Morgan fingerprint density at radius 2 is 2.04 bits per heavy atom. The van der Waals surface area contributed by atoms with Gasteiger partial charge in [-0.3, -0.25) is 0 Å². The van der Waals surface area contributed by atoms with Gasteiger partial charge in [0.1, 0.15) is 6.61 Å². The third kappa shape index (κ3) is 4.15. The summed E-state index contributed by atoms with van der Waals surface area (Å²) < 4.78 is 0. The van der Waals surface area contributed by atoms with Crippen molar-refractivity contribution in [3.05, 3.63) is 47.0 Å². The predicted molar refractivity (Wildman–Crippen MR) is 118 cm³/mol. The zero-order valence-corrected chi connectivity index (χ0v) is 18.6. The molecule has 1 aromatic rings. The summed E-state index contributed by atoms with van der Waals surface area (Å²) in [5, 5.41) is 4.55. The number of aryl methyl sites for hydroxylation is 1. The summed E-state index contributed by atoms with van der Waals surface area (Å²) in [7, 11) is 0. The first-order valence-corrected chi connectivity index (χ1v) is 10.8. The molecule has 0 radical (unpaired) electrons. The van der Waals surface area contributed by atoms with Gasteiger partial charge in [0, 0.05) is 5.56 Å². The predicted octanol–water partition coefficient (Wildman–Crippen LogP) is 7.15. The molecule has 0 amide bonds. The lowest BCUT2D eigenvalue weighted by molar-refractivity contribution is 0.133. The van der Waals surface area contributed by atoms with Gasteiger partial charge in [0.25, 0.3) is 0 Å². The van der Waals surface area contributed by atoms with Crippen LogP contribution in [-0.4, -0.2) is 12.3 Å². The lowest BCUT2D eigenvalue weighted by Crippen LogP contribution is -2.45. The van der Waals surface area contributed by atoms with Gasteiger partial charge in [-0.15, -0.1) is 0 Å². The zero-order chi connectivity index (χ0) is 20.2. The second-order valence-corrected chi connectivity index (χ2v) is 8.63. The normalized spacial score (nSPS) is 28.1. The van der Waals surface area contributed by atoms with Gasteiger partial charge >= 0.3 is 0 Å². The third-order valence-corrected chi connectivity index (χ3v) is 6.60. The minimum atomic E-state index is 0.269. The number of benzene rings is 1. The summed E-state index contributed by atoms with van der Waals surface area (Å²) in [5.74, 6) is 1.92. The van der Waals surface area contributed by atoms with E-state index in [-0.39, 0.29) is 5.41 Å². The van der Waals surface area contributed by atoms with Gasteiger partial charge in [-0.05, 0) is 65.7 Å². The molecule has 1 aromatic carbocycles. The average Bonchev–Trinajstić information content (AvgIpc) is 2.64.